The van der Waals surface area contributed by atoms with E-state index in [9.17, 15) is 4.79 Å². The number of amides is 1. The van der Waals surface area contributed by atoms with Crippen LogP contribution in [-0.2, 0) is 17.9 Å². The summed E-state index contributed by atoms with van der Waals surface area (Å²) in [5, 5.41) is 2.99. The Kier molecular flexibility index (Phi) is 7.17. The highest BCUT2D eigenvalue weighted by atomic mass is 16.1. The Hall–Kier alpha value is -2.46. The third-order valence-corrected chi connectivity index (χ3v) is 5.28. The van der Waals surface area contributed by atoms with E-state index in [-0.39, 0.29) is 5.91 Å². The summed E-state index contributed by atoms with van der Waals surface area (Å²) in [5.41, 5.74) is 3.25. The van der Waals surface area contributed by atoms with Crippen LogP contribution in [0.1, 0.15) is 48.9 Å². The number of rotatable bonds is 7. The monoisotopic (exact) mass is 363 g/mol. The number of pyridine rings is 1. The standard InChI is InChI=1S/C23H29N3O/c1-26(22-12-3-2-4-13-22)18-20-10-6-5-9-19(20)17-25-23(27)15-14-21-11-7-8-16-24-21/h5-11,14-16,22H,2-4,12-13,17-18H2,1H3,(H,25,27). The van der Waals surface area contributed by atoms with Gasteiger partial charge in [0.25, 0.3) is 0 Å². The van der Waals surface area contributed by atoms with Gasteiger partial charge in [-0.25, -0.2) is 0 Å². The Morgan fingerprint density at radius 2 is 1.85 bits per heavy atom. The van der Waals surface area contributed by atoms with Crippen LogP contribution in [0.25, 0.3) is 6.08 Å². The van der Waals surface area contributed by atoms with E-state index >= 15 is 0 Å². The van der Waals surface area contributed by atoms with Gasteiger partial charge in [0.1, 0.15) is 0 Å². The van der Waals surface area contributed by atoms with Gasteiger partial charge in [0.05, 0.1) is 5.69 Å². The van der Waals surface area contributed by atoms with Crippen molar-refractivity contribution < 1.29 is 4.79 Å². The fourth-order valence-electron chi connectivity index (χ4n) is 3.68. The second-order valence-electron chi connectivity index (χ2n) is 7.28. The molecule has 1 aromatic heterocycles. The molecule has 1 heterocycles. The number of carbonyl (C=O) groups is 1. The summed E-state index contributed by atoms with van der Waals surface area (Å²) >= 11 is 0. The third-order valence-electron chi connectivity index (χ3n) is 5.28. The molecule has 0 atom stereocenters. The van der Waals surface area contributed by atoms with Crippen LogP contribution in [0.2, 0.25) is 0 Å². The van der Waals surface area contributed by atoms with Crippen LogP contribution in [0.4, 0.5) is 0 Å². The minimum absolute atomic E-state index is 0.101. The molecule has 4 heteroatoms. The molecule has 1 fully saturated rings. The van der Waals surface area contributed by atoms with Crippen molar-refractivity contribution in [2.75, 3.05) is 7.05 Å². The highest BCUT2D eigenvalue weighted by molar-refractivity contribution is 5.91. The predicted molar refractivity (Wildman–Crippen MR) is 110 cm³/mol. The van der Waals surface area contributed by atoms with Crippen LogP contribution in [-0.4, -0.2) is 28.9 Å². The molecule has 0 aliphatic heterocycles. The molecule has 0 spiro atoms. The lowest BCUT2D eigenvalue weighted by atomic mass is 9.94. The average molecular weight is 364 g/mol. The van der Waals surface area contributed by atoms with Gasteiger partial charge in [-0.2, -0.15) is 0 Å². The summed E-state index contributed by atoms with van der Waals surface area (Å²) in [6.45, 7) is 1.47. The van der Waals surface area contributed by atoms with Crippen LogP contribution in [0.3, 0.4) is 0 Å². The molecule has 0 radical (unpaired) electrons. The lowest BCUT2D eigenvalue weighted by Crippen LogP contribution is -2.33. The molecule has 1 aromatic carbocycles. The number of aromatic nitrogens is 1. The SMILES string of the molecule is CN(Cc1ccccc1CNC(=O)C=Cc1ccccn1)C1CCCCC1. The van der Waals surface area contributed by atoms with E-state index in [1.807, 2.05) is 24.3 Å². The molecule has 1 aliphatic carbocycles. The van der Waals surface area contributed by atoms with E-state index in [1.54, 1.807) is 18.3 Å². The maximum absolute atomic E-state index is 12.1. The van der Waals surface area contributed by atoms with E-state index < -0.39 is 0 Å². The van der Waals surface area contributed by atoms with Crippen LogP contribution >= 0.6 is 0 Å². The first kappa shape index (κ1) is 19.3. The molecule has 142 valence electrons. The van der Waals surface area contributed by atoms with Crippen molar-refractivity contribution in [3.05, 3.63) is 71.6 Å². The van der Waals surface area contributed by atoms with Gasteiger partial charge in [-0.15, -0.1) is 0 Å². The molecule has 0 unspecified atom stereocenters. The zero-order valence-electron chi connectivity index (χ0n) is 16.1. The first-order valence-electron chi connectivity index (χ1n) is 9.86. The Morgan fingerprint density at radius 1 is 1.11 bits per heavy atom. The van der Waals surface area contributed by atoms with Gasteiger partial charge in [0, 0.05) is 31.4 Å². The first-order chi connectivity index (χ1) is 13.2. The molecule has 1 aliphatic rings. The lowest BCUT2D eigenvalue weighted by Gasteiger charge is -2.31. The van der Waals surface area contributed by atoms with E-state index in [4.69, 9.17) is 0 Å². The second-order valence-corrected chi connectivity index (χ2v) is 7.28. The van der Waals surface area contributed by atoms with Crippen molar-refractivity contribution >= 4 is 12.0 Å². The number of benzene rings is 1. The summed E-state index contributed by atoms with van der Waals surface area (Å²) < 4.78 is 0. The largest absolute Gasteiger partial charge is 0.348 e. The van der Waals surface area contributed by atoms with Crippen LogP contribution < -0.4 is 5.32 Å². The predicted octanol–water partition coefficient (Wildman–Crippen LogP) is 4.18. The number of nitrogens with zero attached hydrogens (tertiary/aromatic N) is 2. The molecule has 0 saturated heterocycles. The van der Waals surface area contributed by atoms with Crippen molar-refractivity contribution in [2.45, 2.75) is 51.2 Å². The molecule has 1 saturated carbocycles. The van der Waals surface area contributed by atoms with Crippen molar-refractivity contribution in [1.82, 2.24) is 15.2 Å². The van der Waals surface area contributed by atoms with E-state index in [0.717, 1.165) is 12.2 Å². The van der Waals surface area contributed by atoms with E-state index in [2.05, 4.69) is 40.4 Å². The highest BCUT2D eigenvalue weighted by Gasteiger charge is 2.18. The number of nitrogens with one attached hydrogen (secondary N) is 1. The second kappa shape index (κ2) is 10.0. The zero-order valence-corrected chi connectivity index (χ0v) is 16.1. The minimum Gasteiger partial charge on any atom is -0.348 e. The summed E-state index contributed by atoms with van der Waals surface area (Å²) in [4.78, 5) is 18.8. The van der Waals surface area contributed by atoms with Crippen molar-refractivity contribution in [1.29, 1.82) is 0 Å². The molecule has 4 nitrogen and oxygen atoms in total. The normalized spacial score (nSPS) is 15.3. The number of hydrogen-bond donors (Lipinski definition) is 1. The molecule has 1 N–H and O–H groups in total. The van der Waals surface area contributed by atoms with Crippen LogP contribution in [0.5, 0.6) is 0 Å². The van der Waals surface area contributed by atoms with Crippen molar-refractivity contribution in [3.8, 4) is 0 Å². The Labute approximate surface area is 162 Å². The van der Waals surface area contributed by atoms with Crippen LogP contribution in [0, 0.1) is 0 Å². The molecule has 27 heavy (non-hydrogen) atoms. The van der Waals surface area contributed by atoms with Crippen molar-refractivity contribution in [2.24, 2.45) is 0 Å². The number of hydrogen-bond acceptors (Lipinski definition) is 3. The molecular formula is C23H29N3O. The fraction of sp³-hybridized carbons (Fsp3) is 0.391. The van der Waals surface area contributed by atoms with E-state index in [0.29, 0.717) is 12.6 Å². The van der Waals surface area contributed by atoms with Gasteiger partial charge in [-0.3, -0.25) is 14.7 Å². The average Bonchev–Trinajstić information content (AvgIpc) is 2.73. The Bertz CT molecular complexity index is 751. The quantitative estimate of drug-likeness (QED) is 0.751. The van der Waals surface area contributed by atoms with Gasteiger partial charge in [0.15, 0.2) is 0 Å². The molecule has 1 amide bonds. The molecular weight excluding hydrogens is 334 g/mol. The summed E-state index contributed by atoms with van der Waals surface area (Å²) in [5.74, 6) is -0.101. The summed E-state index contributed by atoms with van der Waals surface area (Å²) in [7, 11) is 2.22. The molecule has 0 bridgehead atoms. The summed E-state index contributed by atoms with van der Waals surface area (Å²) in [6, 6.07) is 14.7. The highest BCUT2D eigenvalue weighted by Crippen LogP contribution is 2.23. The zero-order chi connectivity index (χ0) is 18.9. The van der Waals surface area contributed by atoms with Gasteiger partial charge in [-0.05, 0) is 49.2 Å². The maximum atomic E-state index is 12.1. The van der Waals surface area contributed by atoms with Gasteiger partial charge in [-0.1, -0.05) is 49.6 Å². The number of carbonyl (C=O) groups excluding carboxylic acids is 1. The van der Waals surface area contributed by atoms with E-state index in [1.165, 1.54) is 43.2 Å². The van der Waals surface area contributed by atoms with Crippen LogP contribution in [0.15, 0.2) is 54.7 Å². The fourth-order valence-corrected chi connectivity index (χ4v) is 3.68. The molecule has 3 rings (SSSR count). The smallest absolute Gasteiger partial charge is 0.244 e. The Balaban J connectivity index is 1.55. The van der Waals surface area contributed by atoms with Gasteiger partial charge < -0.3 is 5.32 Å². The van der Waals surface area contributed by atoms with Crippen molar-refractivity contribution in [3.63, 3.8) is 0 Å². The minimum atomic E-state index is -0.101. The maximum Gasteiger partial charge on any atom is 0.244 e. The first-order valence-corrected chi connectivity index (χ1v) is 9.86. The lowest BCUT2D eigenvalue weighted by molar-refractivity contribution is -0.116. The summed E-state index contributed by atoms with van der Waals surface area (Å²) in [6.07, 6.45) is 11.7. The third kappa shape index (κ3) is 6.04. The Morgan fingerprint density at radius 3 is 2.59 bits per heavy atom. The molecule has 2 aromatic rings. The van der Waals surface area contributed by atoms with Gasteiger partial charge in [0.2, 0.25) is 5.91 Å². The topological polar surface area (TPSA) is 45.2 Å². The van der Waals surface area contributed by atoms with Gasteiger partial charge >= 0.3 is 0 Å².